The van der Waals surface area contributed by atoms with Gasteiger partial charge >= 0.3 is 0 Å². The first-order valence-corrected chi connectivity index (χ1v) is 10.1. The van der Waals surface area contributed by atoms with Crippen molar-refractivity contribution in [1.29, 1.82) is 0 Å². The van der Waals surface area contributed by atoms with Gasteiger partial charge in [-0.25, -0.2) is 17.7 Å². The van der Waals surface area contributed by atoms with Gasteiger partial charge in [0.2, 0.25) is 10.0 Å². The second-order valence-electron chi connectivity index (χ2n) is 6.94. The normalized spacial score (nSPS) is 12.0. The number of hydrogen-bond donors (Lipinski definition) is 1. The lowest BCUT2D eigenvalue weighted by Gasteiger charge is -2.15. The summed E-state index contributed by atoms with van der Waals surface area (Å²) in [5.41, 5.74) is 3.68. The van der Waals surface area contributed by atoms with E-state index in [1.165, 1.54) is 26.2 Å². The molecule has 0 saturated carbocycles. The first-order valence-electron chi connectivity index (χ1n) is 8.68. The molecule has 0 aliphatic rings. The largest absolute Gasteiger partial charge is 0.322 e. The van der Waals surface area contributed by atoms with Gasteiger partial charge in [0.1, 0.15) is 0 Å². The predicted molar refractivity (Wildman–Crippen MR) is 108 cm³/mol. The van der Waals surface area contributed by atoms with Crippen LogP contribution in [-0.2, 0) is 17.1 Å². The van der Waals surface area contributed by atoms with Crippen molar-refractivity contribution in [3.63, 3.8) is 0 Å². The molecular formula is C19H23N5O3S. The fourth-order valence-corrected chi connectivity index (χ4v) is 3.97. The van der Waals surface area contributed by atoms with Crippen LogP contribution in [0.3, 0.4) is 0 Å². The zero-order valence-corrected chi connectivity index (χ0v) is 17.5. The molecule has 3 aromatic rings. The van der Waals surface area contributed by atoms with Crippen LogP contribution in [0.25, 0.3) is 11.0 Å². The fraction of sp³-hybridized carbons (Fsp3) is 0.316. The maximum absolute atomic E-state index is 13.1. The molecule has 0 bridgehead atoms. The third kappa shape index (κ3) is 3.38. The molecule has 0 spiro atoms. The zero-order valence-electron chi connectivity index (χ0n) is 16.7. The summed E-state index contributed by atoms with van der Waals surface area (Å²) in [6.45, 7) is 5.45. The van der Waals surface area contributed by atoms with Gasteiger partial charge in [0.05, 0.1) is 21.5 Å². The van der Waals surface area contributed by atoms with Gasteiger partial charge in [-0.3, -0.25) is 9.48 Å². The van der Waals surface area contributed by atoms with Crippen LogP contribution in [0.1, 0.15) is 27.3 Å². The Labute approximate surface area is 164 Å². The lowest BCUT2D eigenvalue weighted by Crippen LogP contribution is -2.22. The Kier molecular flexibility index (Phi) is 4.99. The minimum absolute atomic E-state index is 0.118. The number of aryl methyl sites for hydroxylation is 4. The van der Waals surface area contributed by atoms with E-state index in [1.807, 2.05) is 20.8 Å². The third-order valence-corrected chi connectivity index (χ3v) is 6.39. The van der Waals surface area contributed by atoms with E-state index in [-0.39, 0.29) is 10.8 Å². The molecule has 28 heavy (non-hydrogen) atoms. The molecule has 148 valence electrons. The van der Waals surface area contributed by atoms with Gasteiger partial charge in [-0.05, 0) is 44.5 Å². The van der Waals surface area contributed by atoms with Crippen LogP contribution in [0.2, 0.25) is 0 Å². The number of nitrogens with zero attached hydrogens (tertiary/aromatic N) is 4. The van der Waals surface area contributed by atoms with Crippen molar-refractivity contribution >= 4 is 32.7 Å². The van der Waals surface area contributed by atoms with E-state index in [9.17, 15) is 13.2 Å². The van der Waals surface area contributed by atoms with Crippen LogP contribution >= 0.6 is 0 Å². The van der Waals surface area contributed by atoms with Gasteiger partial charge in [0.25, 0.3) is 5.91 Å². The summed E-state index contributed by atoms with van der Waals surface area (Å²) in [7, 11) is 1.11. The highest BCUT2D eigenvalue weighted by atomic mass is 32.2. The molecule has 2 aromatic heterocycles. The average molecular weight is 401 g/mol. The van der Waals surface area contributed by atoms with Crippen molar-refractivity contribution in [2.24, 2.45) is 7.05 Å². The molecule has 0 saturated heterocycles. The van der Waals surface area contributed by atoms with Gasteiger partial charge in [-0.2, -0.15) is 5.10 Å². The van der Waals surface area contributed by atoms with Crippen LogP contribution < -0.4 is 5.32 Å². The number of benzene rings is 1. The summed E-state index contributed by atoms with van der Waals surface area (Å²) in [5, 5.41) is 7.88. The number of nitrogens with one attached hydrogen (secondary N) is 1. The van der Waals surface area contributed by atoms with E-state index < -0.39 is 10.0 Å². The number of pyridine rings is 1. The monoisotopic (exact) mass is 401 g/mol. The third-order valence-electron chi connectivity index (χ3n) is 4.58. The van der Waals surface area contributed by atoms with Crippen molar-refractivity contribution < 1.29 is 13.2 Å². The molecule has 9 heteroatoms. The summed E-state index contributed by atoms with van der Waals surface area (Å²) >= 11 is 0. The van der Waals surface area contributed by atoms with Gasteiger partial charge in [-0.1, -0.05) is 6.07 Å². The Balaban J connectivity index is 2.07. The topological polar surface area (TPSA) is 97.2 Å². The molecule has 0 radical (unpaired) electrons. The molecule has 0 fully saturated rings. The highest BCUT2D eigenvalue weighted by Crippen LogP contribution is 2.25. The van der Waals surface area contributed by atoms with Crippen molar-refractivity contribution in [2.45, 2.75) is 25.7 Å². The molecule has 0 atom stereocenters. The van der Waals surface area contributed by atoms with Crippen LogP contribution in [0.4, 0.5) is 5.69 Å². The first kappa shape index (κ1) is 20.0. The molecule has 8 nitrogen and oxygen atoms in total. The Hall–Kier alpha value is -2.78. The van der Waals surface area contributed by atoms with E-state index in [1.54, 1.807) is 23.9 Å². The number of carbonyl (C=O) groups is 1. The first-order chi connectivity index (χ1) is 13.0. The Bertz CT molecular complexity index is 1200. The van der Waals surface area contributed by atoms with Crippen molar-refractivity contribution in [3.05, 3.63) is 46.8 Å². The molecular weight excluding hydrogens is 378 g/mol. The Morgan fingerprint density at radius 3 is 2.46 bits per heavy atom. The van der Waals surface area contributed by atoms with E-state index >= 15 is 0 Å². The minimum atomic E-state index is -3.60. The molecule has 2 heterocycles. The second-order valence-corrected chi connectivity index (χ2v) is 9.09. The smallest absolute Gasteiger partial charge is 0.256 e. The van der Waals surface area contributed by atoms with Crippen molar-refractivity contribution in [3.8, 4) is 0 Å². The molecule has 1 amide bonds. The molecule has 3 rings (SSSR count). The number of anilines is 1. The SMILES string of the molecule is Cc1cc(C(=O)Nc2cc(S(=O)(=O)N(C)C)ccc2C)c2c(C)nn(C)c2n1. The lowest BCUT2D eigenvalue weighted by molar-refractivity contribution is 0.102. The second kappa shape index (κ2) is 6.99. The Morgan fingerprint density at radius 2 is 1.82 bits per heavy atom. The lowest BCUT2D eigenvalue weighted by atomic mass is 10.1. The molecule has 0 aliphatic carbocycles. The number of amides is 1. The molecule has 1 aromatic carbocycles. The summed E-state index contributed by atoms with van der Waals surface area (Å²) in [6, 6.07) is 6.39. The van der Waals surface area contributed by atoms with E-state index in [0.29, 0.717) is 33.7 Å². The summed E-state index contributed by atoms with van der Waals surface area (Å²) < 4.78 is 27.6. The zero-order chi connectivity index (χ0) is 20.8. The van der Waals surface area contributed by atoms with Crippen LogP contribution in [0, 0.1) is 20.8 Å². The van der Waals surface area contributed by atoms with Crippen LogP contribution in [-0.4, -0.2) is 47.5 Å². The molecule has 0 aliphatic heterocycles. The average Bonchev–Trinajstić information content (AvgIpc) is 2.89. The highest BCUT2D eigenvalue weighted by Gasteiger charge is 2.21. The van der Waals surface area contributed by atoms with Gasteiger partial charge in [0.15, 0.2) is 5.65 Å². The maximum Gasteiger partial charge on any atom is 0.256 e. The number of rotatable bonds is 4. The predicted octanol–water partition coefficient (Wildman–Crippen LogP) is 2.40. The number of aromatic nitrogens is 3. The van der Waals surface area contributed by atoms with Crippen LogP contribution in [0.15, 0.2) is 29.2 Å². The maximum atomic E-state index is 13.1. The number of carbonyl (C=O) groups excluding carboxylic acids is 1. The van der Waals surface area contributed by atoms with Gasteiger partial charge in [-0.15, -0.1) is 0 Å². The standard InChI is InChI=1S/C19H23N5O3S/c1-11-7-8-14(28(26,27)23(4)5)10-16(11)21-19(25)15-9-12(2)20-18-17(15)13(3)22-24(18)6/h7-10H,1-6H3,(H,21,25). The molecule has 0 unspecified atom stereocenters. The van der Waals surface area contributed by atoms with Crippen LogP contribution in [0.5, 0.6) is 0 Å². The minimum Gasteiger partial charge on any atom is -0.322 e. The quantitative estimate of drug-likeness (QED) is 0.724. The molecule has 1 N–H and O–H groups in total. The number of hydrogen-bond acceptors (Lipinski definition) is 5. The van der Waals surface area contributed by atoms with Crippen molar-refractivity contribution in [2.75, 3.05) is 19.4 Å². The highest BCUT2D eigenvalue weighted by molar-refractivity contribution is 7.89. The van der Waals surface area contributed by atoms with E-state index in [4.69, 9.17) is 0 Å². The van der Waals surface area contributed by atoms with Crippen molar-refractivity contribution in [1.82, 2.24) is 19.1 Å². The summed E-state index contributed by atoms with van der Waals surface area (Å²) in [4.78, 5) is 17.6. The van der Waals surface area contributed by atoms with E-state index in [2.05, 4.69) is 15.4 Å². The Morgan fingerprint density at radius 1 is 1.14 bits per heavy atom. The number of fused-ring (bicyclic) bond motifs is 1. The summed E-state index contributed by atoms with van der Waals surface area (Å²) in [6.07, 6.45) is 0. The number of sulfonamides is 1. The fourth-order valence-electron chi connectivity index (χ4n) is 3.05. The summed E-state index contributed by atoms with van der Waals surface area (Å²) in [5.74, 6) is -0.339. The van der Waals surface area contributed by atoms with Gasteiger partial charge < -0.3 is 5.32 Å². The van der Waals surface area contributed by atoms with Gasteiger partial charge in [0, 0.05) is 32.5 Å². The van der Waals surface area contributed by atoms with E-state index in [0.717, 1.165) is 9.87 Å².